The van der Waals surface area contributed by atoms with Gasteiger partial charge in [0.2, 0.25) is 0 Å². The van der Waals surface area contributed by atoms with E-state index in [0.29, 0.717) is 11.6 Å². The van der Waals surface area contributed by atoms with Crippen molar-refractivity contribution >= 4 is 27.5 Å². The number of benzene rings is 1. The molecule has 1 aromatic rings. The van der Waals surface area contributed by atoms with E-state index in [1.807, 2.05) is 6.07 Å². The number of hydrogen-bond donors (Lipinski definition) is 2. The van der Waals surface area contributed by atoms with Gasteiger partial charge in [-0.05, 0) is 36.7 Å². The van der Waals surface area contributed by atoms with Gasteiger partial charge in [-0.15, -0.1) is 0 Å². The van der Waals surface area contributed by atoms with Gasteiger partial charge >= 0.3 is 0 Å². The third kappa shape index (κ3) is 3.74. The Morgan fingerprint density at radius 2 is 2.12 bits per heavy atom. The minimum Gasteiger partial charge on any atom is -0.388 e. The molecule has 2 unspecified atom stereocenters. The Morgan fingerprint density at radius 3 is 2.62 bits per heavy atom. The quantitative estimate of drug-likeness (QED) is 0.874. The Balaban J connectivity index is 2.89. The van der Waals surface area contributed by atoms with Gasteiger partial charge in [-0.25, -0.2) is 0 Å². The number of aliphatic hydroxyl groups is 1. The van der Waals surface area contributed by atoms with E-state index >= 15 is 0 Å². The molecule has 16 heavy (non-hydrogen) atoms. The molecule has 0 amide bonds. The standard InChI is InChI=1S/C12H17BrClNO/c1-2-3-8(7-15)12(16)9-4-10(13)6-11(14)5-9/h4-6,8,12,16H,2-3,7,15H2,1H3. The number of halogens is 2. The van der Waals surface area contributed by atoms with E-state index in [2.05, 4.69) is 22.9 Å². The highest BCUT2D eigenvalue weighted by Crippen LogP contribution is 2.29. The Labute approximate surface area is 110 Å². The summed E-state index contributed by atoms with van der Waals surface area (Å²) in [4.78, 5) is 0. The fourth-order valence-electron chi connectivity index (χ4n) is 1.79. The topological polar surface area (TPSA) is 46.2 Å². The van der Waals surface area contributed by atoms with E-state index < -0.39 is 6.10 Å². The first-order chi connectivity index (χ1) is 7.58. The van der Waals surface area contributed by atoms with Crippen molar-refractivity contribution in [2.45, 2.75) is 25.9 Å². The molecule has 1 aromatic carbocycles. The monoisotopic (exact) mass is 305 g/mol. The van der Waals surface area contributed by atoms with Crippen molar-refractivity contribution < 1.29 is 5.11 Å². The molecule has 0 saturated carbocycles. The maximum absolute atomic E-state index is 10.2. The predicted octanol–water partition coefficient (Wildman–Crippen LogP) is 3.51. The van der Waals surface area contributed by atoms with Crippen LogP contribution in [0.5, 0.6) is 0 Å². The van der Waals surface area contributed by atoms with Gasteiger partial charge in [0.25, 0.3) is 0 Å². The highest BCUT2D eigenvalue weighted by Gasteiger charge is 2.19. The molecule has 1 rings (SSSR count). The summed E-state index contributed by atoms with van der Waals surface area (Å²) in [6.45, 7) is 2.57. The molecule has 0 aromatic heterocycles. The highest BCUT2D eigenvalue weighted by molar-refractivity contribution is 9.10. The molecule has 0 spiro atoms. The lowest BCUT2D eigenvalue weighted by molar-refractivity contribution is 0.107. The fourth-order valence-corrected chi connectivity index (χ4v) is 2.68. The van der Waals surface area contributed by atoms with Crippen molar-refractivity contribution in [1.82, 2.24) is 0 Å². The molecule has 0 aliphatic heterocycles. The van der Waals surface area contributed by atoms with Crippen molar-refractivity contribution in [2.24, 2.45) is 11.7 Å². The summed E-state index contributed by atoms with van der Waals surface area (Å²) in [6.07, 6.45) is 1.39. The van der Waals surface area contributed by atoms with Crippen molar-refractivity contribution in [2.75, 3.05) is 6.54 Å². The number of hydrogen-bond acceptors (Lipinski definition) is 2. The van der Waals surface area contributed by atoms with Gasteiger partial charge in [-0.1, -0.05) is 40.9 Å². The fraction of sp³-hybridized carbons (Fsp3) is 0.500. The predicted molar refractivity (Wildman–Crippen MR) is 71.6 cm³/mol. The third-order valence-electron chi connectivity index (χ3n) is 2.64. The lowest BCUT2D eigenvalue weighted by atomic mass is 9.92. The van der Waals surface area contributed by atoms with E-state index in [0.717, 1.165) is 22.9 Å². The second-order valence-corrected chi connectivity index (χ2v) is 5.28. The van der Waals surface area contributed by atoms with Crippen LogP contribution in [0.25, 0.3) is 0 Å². The molecule has 2 atom stereocenters. The first kappa shape index (κ1) is 14.0. The zero-order valence-electron chi connectivity index (χ0n) is 9.29. The maximum Gasteiger partial charge on any atom is 0.0831 e. The van der Waals surface area contributed by atoms with E-state index in [9.17, 15) is 5.11 Å². The molecule has 0 aliphatic rings. The molecule has 0 aliphatic carbocycles. The lowest BCUT2D eigenvalue weighted by Crippen LogP contribution is -2.21. The highest BCUT2D eigenvalue weighted by atomic mass is 79.9. The smallest absolute Gasteiger partial charge is 0.0831 e. The molecule has 0 bridgehead atoms. The van der Waals surface area contributed by atoms with Crippen LogP contribution in [0.1, 0.15) is 31.4 Å². The van der Waals surface area contributed by atoms with Crippen LogP contribution >= 0.6 is 27.5 Å². The molecule has 2 nitrogen and oxygen atoms in total. The van der Waals surface area contributed by atoms with Crippen LogP contribution in [-0.4, -0.2) is 11.7 Å². The third-order valence-corrected chi connectivity index (χ3v) is 3.31. The van der Waals surface area contributed by atoms with Crippen LogP contribution in [0.3, 0.4) is 0 Å². The van der Waals surface area contributed by atoms with E-state index in [-0.39, 0.29) is 5.92 Å². The van der Waals surface area contributed by atoms with Gasteiger partial charge in [0, 0.05) is 15.4 Å². The molecule has 3 N–H and O–H groups in total. The SMILES string of the molecule is CCCC(CN)C(O)c1cc(Cl)cc(Br)c1. The van der Waals surface area contributed by atoms with Gasteiger partial charge in [0.05, 0.1) is 6.10 Å². The summed E-state index contributed by atoms with van der Waals surface area (Å²) in [7, 11) is 0. The largest absolute Gasteiger partial charge is 0.388 e. The molecule has 4 heteroatoms. The van der Waals surface area contributed by atoms with Crippen molar-refractivity contribution in [1.29, 1.82) is 0 Å². The molecule has 90 valence electrons. The first-order valence-corrected chi connectivity index (χ1v) is 6.59. The summed E-state index contributed by atoms with van der Waals surface area (Å²) in [5.74, 6) is 0.0929. The maximum atomic E-state index is 10.2. The van der Waals surface area contributed by atoms with Crippen molar-refractivity contribution in [3.63, 3.8) is 0 Å². The van der Waals surface area contributed by atoms with Crippen LogP contribution in [0.15, 0.2) is 22.7 Å². The lowest BCUT2D eigenvalue weighted by Gasteiger charge is -2.21. The minimum absolute atomic E-state index is 0.0929. The summed E-state index contributed by atoms with van der Waals surface area (Å²) < 4.78 is 0.876. The van der Waals surface area contributed by atoms with E-state index in [1.165, 1.54) is 0 Å². The van der Waals surface area contributed by atoms with Crippen molar-refractivity contribution in [3.05, 3.63) is 33.3 Å². The van der Waals surface area contributed by atoms with Crippen LogP contribution in [0.2, 0.25) is 5.02 Å². The van der Waals surface area contributed by atoms with Crippen LogP contribution in [0.4, 0.5) is 0 Å². The number of aliphatic hydroxyl groups excluding tert-OH is 1. The van der Waals surface area contributed by atoms with Gasteiger partial charge in [-0.3, -0.25) is 0 Å². The zero-order chi connectivity index (χ0) is 12.1. The Morgan fingerprint density at radius 1 is 1.44 bits per heavy atom. The second-order valence-electron chi connectivity index (χ2n) is 3.93. The zero-order valence-corrected chi connectivity index (χ0v) is 11.6. The Hall–Kier alpha value is -0.0900. The van der Waals surface area contributed by atoms with Crippen LogP contribution in [0, 0.1) is 5.92 Å². The Kier molecular flexibility index (Phi) is 5.76. The summed E-state index contributed by atoms with van der Waals surface area (Å²) in [5.41, 5.74) is 6.49. The van der Waals surface area contributed by atoms with Crippen LogP contribution in [-0.2, 0) is 0 Å². The average molecular weight is 307 g/mol. The van der Waals surface area contributed by atoms with Crippen LogP contribution < -0.4 is 5.73 Å². The second kappa shape index (κ2) is 6.60. The molecule has 0 saturated heterocycles. The average Bonchev–Trinajstić information content (AvgIpc) is 2.23. The molecule has 0 fully saturated rings. The van der Waals surface area contributed by atoms with E-state index in [4.69, 9.17) is 17.3 Å². The normalized spacial score (nSPS) is 14.8. The van der Waals surface area contributed by atoms with Crippen molar-refractivity contribution in [3.8, 4) is 0 Å². The number of nitrogens with two attached hydrogens (primary N) is 1. The molecular weight excluding hydrogens is 289 g/mol. The van der Waals surface area contributed by atoms with E-state index in [1.54, 1.807) is 12.1 Å². The summed E-state index contributed by atoms with van der Waals surface area (Å²) >= 11 is 9.31. The molecule has 0 radical (unpaired) electrons. The van der Waals surface area contributed by atoms with Gasteiger partial charge in [0.1, 0.15) is 0 Å². The summed E-state index contributed by atoms with van der Waals surface area (Å²) in [5, 5.41) is 10.8. The first-order valence-electron chi connectivity index (χ1n) is 5.42. The summed E-state index contributed by atoms with van der Waals surface area (Å²) in [6, 6.07) is 5.47. The Bertz CT molecular complexity index is 326. The molecular formula is C12H17BrClNO. The van der Waals surface area contributed by atoms with Gasteiger partial charge in [-0.2, -0.15) is 0 Å². The minimum atomic E-state index is -0.542. The van der Waals surface area contributed by atoms with Gasteiger partial charge in [0.15, 0.2) is 0 Å². The number of rotatable bonds is 5. The molecule has 0 heterocycles. The van der Waals surface area contributed by atoms with Gasteiger partial charge < -0.3 is 10.8 Å².